The molecule has 0 aromatic heterocycles. The molecule has 1 fully saturated rings. The van der Waals surface area contributed by atoms with Gasteiger partial charge in [-0.3, -0.25) is 14.4 Å². The molecule has 8 nitrogen and oxygen atoms in total. The number of amides is 2. The number of ether oxygens (including phenoxy) is 2. The lowest BCUT2D eigenvalue weighted by molar-refractivity contribution is -0.153. The van der Waals surface area contributed by atoms with E-state index >= 15 is 0 Å². The second kappa shape index (κ2) is 11.6. The van der Waals surface area contributed by atoms with Crippen LogP contribution >= 0.6 is 0 Å². The van der Waals surface area contributed by atoms with Gasteiger partial charge >= 0.3 is 11.9 Å². The number of likely N-dealkylation sites (tertiary alicyclic amines) is 1. The third-order valence-electron chi connectivity index (χ3n) is 5.27. The second-order valence-corrected chi connectivity index (χ2v) is 7.57. The van der Waals surface area contributed by atoms with Crippen molar-refractivity contribution in [2.24, 2.45) is 5.92 Å². The Morgan fingerprint density at radius 1 is 1.03 bits per heavy atom. The average Bonchev–Trinajstić information content (AvgIpc) is 2.86. The molecular formula is C25H26N2O6. The molecule has 0 radical (unpaired) electrons. The van der Waals surface area contributed by atoms with Gasteiger partial charge in [0.1, 0.15) is 0 Å². The number of benzene rings is 2. The van der Waals surface area contributed by atoms with Crippen LogP contribution in [0.15, 0.2) is 60.7 Å². The first kappa shape index (κ1) is 23.7. The number of nitrogens with one attached hydrogen (secondary N) is 1. The third kappa shape index (κ3) is 7.03. The summed E-state index contributed by atoms with van der Waals surface area (Å²) < 4.78 is 9.80. The summed E-state index contributed by atoms with van der Waals surface area (Å²) in [4.78, 5) is 50.1. The number of carbonyl (C=O) groups excluding carboxylic acids is 4. The summed E-state index contributed by atoms with van der Waals surface area (Å²) in [6.45, 7) is 0.467. The van der Waals surface area contributed by atoms with Crippen molar-refractivity contribution < 1.29 is 28.7 Å². The van der Waals surface area contributed by atoms with Gasteiger partial charge in [-0.15, -0.1) is 0 Å². The number of rotatable bonds is 7. The fraction of sp³-hybridized carbons (Fsp3) is 0.280. The van der Waals surface area contributed by atoms with E-state index in [-0.39, 0.29) is 11.8 Å². The van der Waals surface area contributed by atoms with Crippen LogP contribution < -0.4 is 5.32 Å². The smallest absolute Gasteiger partial charge is 0.337 e. The maximum Gasteiger partial charge on any atom is 0.337 e. The number of nitrogens with zero attached hydrogens (tertiary/aromatic N) is 1. The van der Waals surface area contributed by atoms with Crippen LogP contribution in [0.5, 0.6) is 0 Å². The molecule has 2 aromatic carbocycles. The Morgan fingerprint density at radius 3 is 2.45 bits per heavy atom. The summed E-state index contributed by atoms with van der Waals surface area (Å²) in [5.74, 6) is -1.94. The molecule has 0 aliphatic carbocycles. The van der Waals surface area contributed by atoms with Crippen molar-refractivity contribution in [3.63, 3.8) is 0 Å². The van der Waals surface area contributed by atoms with E-state index in [2.05, 4.69) is 10.1 Å². The van der Waals surface area contributed by atoms with Crippen molar-refractivity contribution in [2.75, 3.05) is 32.1 Å². The maximum absolute atomic E-state index is 12.4. The Bertz CT molecular complexity index is 1030. The first-order chi connectivity index (χ1) is 16.0. The fourth-order valence-corrected chi connectivity index (χ4v) is 3.47. The number of esters is 2. The summed E-state index contributed by atoms with van der Waals surface area (Å²) in [5.41, 5.74) is 1.64. The molecule has 172 valence electrons. The molecule has 1 aliphatic rings. The number of anilines is 1. The standard InChI is InChI=1S/C25H26N2O6/c1-32-24(30)20-8-5-9-21(16-20)26-22(28)17-33-25(31)19-12-14-27(15-13-19)23(29)11-10-18-6-3-2-4-7-18/h2-11,16,19H,12-15,17H2,1H3,(H,26,28)/b11-10+. The Morgan fingerprint density at radius 2 is 1.76 bits per heavy atom. The highest BCUT2D eigenvalue weighted by molar-refractivity contribution is 5.95. The highest BCUT2D eigenvalue weighted by Crippen LogP contribution is 2.19. The molecular weight excluding hydrogens is 424 g/mol. The Balaban J connectivity index is 1.41. The quantitative estimate of drug-likeness (QED) is 0.514. The summed E-state index contributed by atoms with van der Waals surface area (Å²) in [6, 6.07) is 15.8. The fourth-order valence-electron chi connectivity index (χ4n) is 3.47. The zero-order chi connectivity index (χ0) is 23.6. The SMILES string of the molecule is COC(=O)c1cccc(NC(=O)COC(=O)C2CCN(C(=O)/C=C/c3ccccc3)CC2)c1. The van der Waals surface area contributed by atoms with E-state index in [1.54, 1.807) is 29.2 Å². The molecule has 0 bridgehead atoms. The van der Waals surface area contributed by atoms with E-state index in [0.29, 0.717) is 37.2 Å². The molecule has 1 heterocycles. The maximum atomic E-state index is 12.4. The van der Waals surface area contributed by atoms with Gasteiger partial charge in [0.25, 0.3) is 5.91 Å². The van der Waals surface area contributed by atoms with Crippen molar-refractivity contribution in [1.29, 1.82) is 0 Å². The Labute approximate surface area is 192 Å². The van der Waals surface area contributed by atoms with Crippen LogP contribution in [-0.4, -0.2) is 55.5 Å². The summed E-state index contributed by atoms with van der Waals surface area (Å²) in [6.07, 6.45) is 4.26. The van der Waals surface area contributed by atoms with Gasteiger partial charge in [-0.2, -0.15) is 0 Å². The molecule has 0 saturated carbocycles. The monoisotopic (exact) mass is 450 g/mol. The first-order valence-corrected chi connectivity index (χ1v) is 10.6. The van der Waals surface area contributed by atoms with Gasteiger partial charge in [0.2, 0.25) is 5.91 Å². The van der Waals surface area contributed by atoms with E-state index in [4.69, 9.17) is 4.74 Å². The minimum Gasteiger partial charge on any atom is -0.465 e. The van der Waals surface area contributed by atoms with Crippen LogP contribution in [0.3, 0.4) is 0 Å². The number of carbonyl (C=O) groups is 4. The van der Waals surface area contributed by atoms with Crippen LogP contribution in [0.4, 0.5) is 5.69 Å². The lowest BCUT2D eigenvalue weighted by Crippen LogP contribution is -2.40. The van der Waals surface area contributed by atoms with Gasteiger partial charge in [0.05, 0.1) is 18.6 Å². The third-order valence-corrected chi connectivity index (χ3v) is 5.27. The zero-order valence-corrected chi connectivity index (χ0v) is 18.4. The molecule has 1 N–H and O–H groups in total. The second-order valence-electron chi connectivity index (χ2n) is 7.57. The van der Waals surface area contributed by atoms with Crippen LogP contribution in [0, 0.1) is 5.92 Å². The first-order valence-electron chi connectivity index (χ1n) is 10.6. The lowest BCUT2D eigenvalue weighted by atomic mass is 9.97. The Kier molecular flexibility index (Phi) is 8.35. The number of piperidine rings is 1. The molecule has 8 heteroatoms. The molecule has 0 spiro atoms. The summed E-state index contributed by atoms with van der Waals surface area (Å²) >= 11 is 0. The minimum absolute atomic E-state index is 0.0979. The predicted molar refractivity (Wildman–Crippen MR) is 122 cm³/mol. The van der Waals surface area contributed by atoms with Crippen LogP contribution in [0.2, 0.25) is 0 Å². The highest BCUT2D eigenvalue weighted by atomic mass is 16.5. The average molecular weight is 450 g/mol. The molecule has 0 unspecified atom stereocenters. The van der Waals surface area contributed by atoms with E-state index < -0.39 is 24.5 Å². The van der Waals surface area contributed by atoms with E-state index in [9.17, 15) is 19.2 Å². The van der Waals surface area contributed by atoms with E-state index in [0.717, 1.165) is 5.56 Å². The highest BCUT2D eigenvalue weighted by Gasteiger charge is 2.28. The van der Waals surface area contributed by atoms with E-state index in [1.165, 1.54) is 19.3 Å². The molecule has 1 aliphatic heterocycles. The van der Waals surface area contributed by atoms with Gasteiger partial charge < -0.3 is 19.7 Å². The Hall–Kier alpha value is -3.94. The predicted octanol–water partition coefficient (Wildman–Crippen LogP) is 2.91. The van der Waals surface area contributed by atoms with Gasteiger partial charge in [-0.05, 0) is 42.7 Å². The summed E-state index contributed by atoms with van der Waals surface area (Å²) in [5, 5.41) is 2.58. The minimum atomic E-state index is -0.516. The largest absolute Gasteiger partial charge is 0.465 e. The van der Waals surface area contributed by atoms with Crippen LogP contribution in [0.1, 0.15) is 28.8 Å². The van der Waals surface area contributed by atoms with Crippen molar-refractivity contribution >= 4 is 35.5 Å². The number of hydrogen-bond acceptors (Lipinski definition) is 6. The van der Waals surface area contributed by atoms with Crippen molar-refractivity contribution in [3.05, 3.63) is 71.8 Å². The van der Waals surface area contributed by atoms with Gasteiger partial charge in [-0.25, -0.2) is 4.79 Å². The molecule has 3 rings (SSSR count). The summed E-state index contributed by atoms with van der Waals surface area (Å²) in [7, 11) is 1.27. The van der Waals surface area contributed by atoms with Gasteiger partial charge in [0, 0.05) is 24.9 Å². The van der Waals surface area contributed by atoms with Crippen molar-refractivity contribution in [3.8, 4) is 0 Å². The molecule has 0 atom stereocenters. The van der Waals surface area contributed by atoms with E-state index in [1.807, 2.05) is 30.3 Å². The van der Waals surface area contributed by atoms with Gasteiger partial charge in [-0.1, -0.05) is 36.4 Å². The normalized spacial score (nSPS) is 14.0. The van der Waals surface area contributed by atoms with Crippen molar-refractivity contribution in [1.82, 2.24) is 4.90 Å². The molecule has 2 amide bonds. The number of methoxy groups -OCH3 is 1. The topological polar surface area (TPSA) is 102 Å². The van der Waals surface area contributed by atoms with Gasteiger partial charge in [0.15, 0.2) is 6.61 Å². The zero-order valence-electron chi connectivity index (χ0n) is 18.4. The number of hydrogen-bond donors (Lipinski definition) is 1. The molecule has 33 heavy (non-hydrogen) atoms. The van der Waals surface area contributed by atoms with Crippen LogP contribution in [0.25, 0.3) is 6.08 Å². The lowest BCUT2D eigenvalue weighted by Gasteiger charge is -2.30. The molecule has 1 saturated heterocycles. The molecule has 2 aromatic rings. The van der Waals surface area contributed by atoms with Crippen LogP contribution in [-0.2, 0) is 23.9 Å². The van der Waals surface area contributed by atoms with Crippen molar-refractivity contribution in [2.45, 2.75) is 12.8 Å².